The quantitative estimate of drug-likeness (QED) is 0.523. The minimum Gasteiger partial charge on any atom is -0.467 e. The number of methoxy groups -OCH3 is 2. The molecule has 2 aromatic carbocycles. The second-order valence-electron chi connectivity index (χ2n) is 6.01. The van der Waals surface area contributed by atoms with Gasteiger partial charge in [0.2, 0.25) is 0 Å². The normalized spacial score (nSPS) is 14.2. The molecule has 2 aromatic rings. The van der Waals surface area contributed by atoms with E-state index in [0.717, 1.165) is 7.11 Å². The smallest absolute Gasteiger partial charge is 0.416 e. The summed E-state index contributed by atoms with van der Waals surface area (Å²) < 4.78 is 88.4. The van der Waals surface area contributed by atoms with Crippen LogP contribution in [-0.2, 0) is 26.6 Å². The highest BCUT2D eigenvalue weighted by Gasteiger charge is 2.38. The fourth-order valence-corrected chi connectivity index (χ4v) is 2.70. The number of nitrogens with one attached hydrogen (secondary N) is 1. The number of ether oxygens (including phenoxy) is 2. The number of anilines is 1. The van der Waals surface area contributed by atoms with Gasteiger partial charge in [-0.15, -0.1) is 0 Å². The van der Waals surface area contributed by atoms with Gasteiger partial charge < -0.3 is 14.8 Å². The van der Waals surface area contributed by atoms with Gasteiger partial charge in [0.15, 0.2) is 6.10 Å². The van der Waals surface area contributed by atoms with E-state index in [-0.39, 0.29) is 6.07 Å². The lowest BCUT2D eigenvalue weighted by molar-refractivity contribution is -0.153. The van der Waals surface area contributed by atoms with Gasteiger partial charge in [-0.2, -0.15) is 26.3 Å². The topological polar surface area (TPSA) is 47.6 Å². The van der Waals surface area contributed by atoms with Crippen LogP contribution in [0.3, 0.4) is 0 Å². The summed E-state index contributed by atoms with van der Waals surface area (Å²) in [6, 6.07) is 7.93. The van der Waals surface area contributed by atoms with Crippen molar-refractivity contribution in [3.63, 3.8) is 0 Å². The molecule has 0 aliphatic rings. The lowest BCUT2D eigenvalue weighted by Crippen LogP contribution is -2.35. The van der Waals surface area contributed by atoms with Crippen molar-refractivity contribution in [1.29, 1.82) is 0 Å². The summed E-state index contributed by atoms with van der Waals surface area (Å²) in [6.07, 6.45) is -11.3. The lowest BCUT2D eigenvalue weighted by Gasteiger charge is -2.27. The van der Waals surface area contributed by atoms with Crippen LogP contribution >= 0.6 is 0 Å². The highest BCUT2D eigenvalue weighted by atomic mass is 19.4. The van der Waals surface area contributed by atoms with Crippen molar-refractivity contribution in [3.05, 3.63) is 65.2 Å². The minimum atomic E-state index is -5.00. The molecule has 0 bridgehead atoms. The van der Waals surface area contributed by atoms with Crippen LogP contribution in [0.1, 0.15) is 22.7 Å². The van der Waals surface area contributed by atoms with Gasteiger partial charge in [0.1, 0.15) is 0 Å². The maximum Gasteiger partial charge on any atom is 0.416 e. The lowest BCUT2D eigenvalue weighted by atomic mass is 9.99. The molecule has 0 radical (unpaired) electrons. The molecular formula is C19H17F6NO3. The van der Waals surface area contributed by atoms with Crippen LogP contribution < -0.4 is 5.32 Å². The van der Waals surface area contributed by atoms with Crippen LogP contribution in [0, 0.1) is 0 Å². The molecule has 2 atom stereocenters. The van der Waals surface area contributed by atoms with Gasteiger partial charge in [0, 0.05) is 12.8 Å². The van der Waals surface area contributed by atoms with Gasteiger partial charge in [-0.3, -0.25) is 0 Å². The second-order valence-corrected chi connectivity index (χ2v) is 6.01. The number of carbonyl (C=O) groups is 1. The molecule has 0 heterocycles. The molecule has 2 rings (SSSR count). The second kappa shape index (κ2) is 8.73. The summed E-state index contributed by atoms with van der Waals surface area (Å²) in [4.78, 5) is 12.1. The third-order valence-corrected chi connectivity index (χ3v) is 4.06. The van der Waals surface area contributed by atoms with Gasteiger partial charge >= 0.3 is 18.3 Å². The summed E-state index contributed by atoms with van der Waals surface area (Å²) >= 11 is 0. The van der Waals surface area contributed by atoms with Gasteiger partial charge in [-0.1, -0.05) is 30.3 Å². The summed E-state index contributed by atoms with van der Waals surface area (Å²) in [7, 11) is 2.26. The molecule has 29 heavy (non-hydrogen) atoms. The van der Waals surface area contributed by atoms with Crippen LogP contribution in [-0.4, -0.2) is 26.3 Å². The Bertz CT molecular complexity index is 804. The first kappa shape index (κ1) is 22.5. The molecule has 1 unspecified atom stereocenters. The molecule has 0 fully saturated rings. The maximum absolute atomic E-state index is 13.1. The zero-order valence-electron chi connectivity index (χ0n) is 15.3. The monoisotopic (exact) mass is 421 g/mol. The van der Waals surface area contributed by atoms with Crippen molar-refractivity contribution in [1.82, 2.24) is 0 Å². The first-order chi connectivity index (χ1) is 13.5. The van der Waals surface area contributed by atoms with Crippen molar-refractivity contribution in [2.45, 2.75) is 24.5 Å². The Morgan fingerprint density at radius 2 is 1.41 bits per heavy atom. The highest BCUT2D eigenvalue weighted by Crippen LogP contribution is 2.38. The Morgan fingerprint density at radius 1 is 0.897 bits per heavy atom. The van der Waals surface area contributed by atoms with E-state index in [1.165, 1.54) is 7.11 Å². The van der Waals surface area contributed by atoms with Crippen LogP contribution in [0.25, 0.3) is 0 Å². The van der Waals surface area contributed by atoms with Gasteiger partial charge in [-0.05, 0) is 23.8 Å². The van der Waals surface area contributed by atoms with Crippen molar-refractivity contribution >= 4 is 11.7 Å². The number of hydrogen-bond donors (Lipinski definition) is 1. The zero-order valence-corrected chi connectivity index (χ0v) is 15.3. The average Bonchev–Trinajstić information content (AvgIpc) is 2.66. The van der Waals surface area contributed by atoms with Gasteiger partial charge in [-0.25, -0.2) is 4.79 Å². The largest absolute Gasteiger partial charge is 0.467 e. The van der Waals surface area contributed by atoms with Gasteiger partial charge in [0.25, 0.3) is 0 Å². The fraction of sp³-hybridized carbons (Fsp3) is 0.316. The minimum absolute atomic E-state index is 0.0246. The number of benzene rings is 2. The first-order valence-electron chi connectivity index (χ1n) is 8.19. The SMILES string of the molecule is COC(=O)[C@@H](OC)C(Nc1cc(C(F)(F)F)cc(C(F)(F)F)c1)c1ccccc1. The molecule has 0 spiro atoms. The Kier molecular flexibility index (Phi) is 6.78. The average molecular weight is 421 g/mol. The molecule has 1 N–H and O–H groups in total. The van der Waals surface area contributed by atoms with Crippen LogP contribution in [0.15, 0.2) is 48.5 Å². The molecule has 0 aliphatic heterocycles. The number of halogens is 6. The van der Waals surface area contributed by atoms with Crippen molar-refractivity contribution in [2.24, 2.45) is 0 Å². The van der Waals surface area contributed by atoms with E-state index in [2.05, 4.69) is 10.1 Å². The Morgan fingerprint density at radius 3 is 1.83 bits per heavy atom. The van der Waals surface area contributed by atoms with E-state index in [1.807, 2.05) is 0 Å². The molecule has 0 amide bonds. The first-order valence-corrected chi connectivity index (χ1v) is 8.19. The number of carbonyl (C=O) groups excluding carboxylic acids is 1. The maximum atomic E-state index is 13.1. The molecule has 0 aliphatic carbocycles. The Balaban J connectivity index is 2.56. The summed E-state index contributed by atoms with van der Waals surface area (Å²) in [5, 5.41) is 2.56. The highest BCUT2D eigenvalue weighted by molar-refractivity contribution is 5.76. The number of esters is 1. The third-order valence-electron chi connectivity index (χ3n) is 4.06. The third kappa shape index (κ3) is 5.63. The summed E-state index contributed by atoms with van der Waals surface area (Å²) in [5.41, 5.74) is -3.04. The van der Waals surface area contributed by atoms with Crippen molar-refractivity contribution in [2.75, 3.05) is 19.5 Å². The van der Waals surface area contributed by atoms with Crippen LogP contribution in [0.2, 0.25) is 0 Å². The van der Waals surface area contributed by atoms with Crippen LogP contribution in [0.4, 0.5) is 32.0 Å². The summed E-state index contributed by atoms with van der Waals surface area (Å²) in [6.45, 7) is 0. The van der Waals surface area contributed by atoms with E-state index in [1.54, 1.807) is 30.3 Å². The number of hydrogen-bond acceptors (Lipinski definition) is 4. The molecule has 10 heteroatoms. The standard InChI is InChI=1S/C19H17F6NO3/c1-28-16(17(27)29-2)15(11-6-4-3-5-7-11)26-14-9-12(18(20,21)22)8-13(10-14)19(23,24)25/h3-10,15-16,26H,1-2H3/t15?,16-/m0/s1. The van der Waals surface area contributed by atoms with E-state index in [9.17, 15) is 31.1 Å². The number of alkyl halides is 6. The Hall–Kier alpha value is -2.75. The van der Waals surface area contributed by atoms with Crippen molar-refractivity contribution < 1.29 is 40.6 Å². The van der Waals surface area contributed by atoms with Crippen LogP contribution in [0.5, 0.6) is 0 Å². The number of rotatable bonds is 6. The fourth-order valence-electron chi connectivity index (χ4n) is 2.70. The van der Waals surface area contributed by atoms with Gasteiger partial charge in [0.05, 0.1) is 24.3 Å². The molecule has 0 saturated carbocycles. The van der Waals surface area contributed by atoms with Crippen molar-refractivity contribution in [3.8, 4) is 0 Å². The molecule has 158 valence electrons. The predicted molar refractivity (Wildman–Crippen MR) is 92.1 cm³/mol. The molecule has 0 saturated heterocycles. The predicted octanol–water partition coefficient (Wildman–Crippen LogP) is 5.07. The summed E-state index contributed by atoms with van der Waals surface area (Å²) in [5.74, 6) is -0.850. The van der Waals surface area contributed by atoms with E-state index in [0.29, 0.717) is 17.7 Å². The molecule has 0 aromatic heterocycles. The van der Waals surface area contributed by atoms with E-state index >= 15 is 0 Å². The Labute approximate surface area is 162 Å². The van der Waals surface area contributed by atoms with E-state index < -0.39 is 47.3 Å². The zero-order chi connectivity index (χ0) is 21.8. The molecular weight excluding hydrogens is 404 g/mol. The van der Waals surface area contributed by atoms with E-state index in [4.69, 9.17) is 4.74 Å². The molecule has 4 nitrogen and oxygen atoms in total.